The fourth-order valence-electron chi connectivity index (χ4n) is 1.93. The number of carbonyl (C=O) groups is 1. The molecule has 0 N–H and O–H groups in total. The summed E-state index contributed by atoms with van der Waals surface area (Å²) in [6.45, 7) is 5.26. The van der Waals surface area contributed by atoms with Crippen molar-refractivity contribution in [1.82, 2.24) is 4.57 Å². The largest absolute Gasteiger partial charge is 0.490 e. The molecule has 21 heavy (non-hydrogen) atoms. The molecular formula is C14H16N2O5. The second-order valence-electron chi connectivity index (χ2n) is 5.51. The molecule has 0 aliphatic heterocycles. The number of fused-ring (bicyclic) bond motifs is 1. The number of nitro groups is 1. The topological polar surface area (TPSA) is 83.6 Å². The van der Waals surface area contributed by atoms with Crippen LogP contribution in [0, 0.1) is 10.1 Å². The van der Waals surface area contributed by atoms with E-state index in [2.05, 4.69) is 0 Å². The summed E-state index contributed by atoms with van der Waals surface area (Å²) in [6, 6.07) is 4.50. The van der Waals surface area contributed by atoms with Crippen LogP contribution in [0.1, 0.15) is 20.8 Å². The molecular weight excluding hydrogens is 276 g/mol. The van der Waals surface area contributed by atoms with Crippen molar-refractivity contribution in [2.75, 3.05) is 7.11 Å². The van der Waals surface area contributed by atoms with E-state index in [1.54, 1.807) is 26.8 Å². The molecule has 0 saturated carbocycles. The summed E-state index contributed by atoms with van der Waals surface area (Å²) in [5.74, 6) is 0.148. The minimum atomic E-state index is -0.647. The molecule has 0 aliphatic rings. The number of ether oxygens (including phenoxy) is 2. The van der Waals surface area contributed by atoms with E-state index in [1.165, 1.54) is 30.0 Å². The zero-order valence-corrected chi connectivity index (χ0v) is 12.2. The highest BCUT2D eigenvalue weighted by Crippen LogP contribution is 2.32. The van der Waals surface area contributed by atoms with Gasteiger partial charge in [-0.15, -0.1) is 0 Å². The van der Waals surface area contributed by atoms with E-state index in [1.807, 2.05) is 0 Å². The Labute approximate surface area is 121 Å². The third-order valence-electron chi connectivity index (χ3n) is 2.78. The van der Waals surface area contributed by atoms with Crippen LogP contribution >= 0.6 is 0 Å². The maximum atomic E-state index is 12.1. The van der Waals surface area contributed by atoms with Gasteiger partial charge in [0.1, 0.15) is 5.60 Å². The van der Waals surface area contributed by atoms with Crippen molar-refractivity contribution in [1.29, 1.82) is 0 Å². The molecule has 0 unspecified atom stereocenters. The van der Waals surface area contributed by atoms with Crippen LogP contribution in [0.4, 0.5) is 10.5 Å². The molecule has 1 aromatic heterocycles. The molecule has 1 aromatic carbocycles. The predicted octanol–water partition coefficient (Wildman–Crippen LogP) is 3.34. The maximum Gasteiger partial charge on any atom is 0.418 e. The van der Waals surface area contributed by atoms with Crippen LogP contribution in [0.2, 0.25) is 0 Å². The highest BCUT2D eigenvalue weighted by Gasteiger charge is 2.22. The summed E-state index contributed by atoms with van der Waals surface area (Å²) >= 11 is 0. The Bertz CT molecular complexity index is 712. The van der Waals surface area contributed by atoms with Gasteiger partial charge in [0.25, 0.3) is 0 Å². The van der Waals surface area contributed by atoms with Gasteiger partial charge in [-0.2, -0.15) is 0 Å². The molecule has 0 radical (unpaired) electrons. The molecule has 2 aromatic rings. The molecule has 7 nitrogen and oxygen atoms in total. The Morgan fingerprint density at radius 2 is 2.00 bits per heavy atom. The van der Waals surface area contributed by atoms with E-state index >= 15 is 0 Å². The summed E-state index contributed by atoms with van der Waals surface area (Å²) in [5.41, 5.74) is -0.447. The van der Waals surface area contributed by atoms with Gasteiger partial charge in [-0.3, -0.25) is 14.7 Å². The number of benzene rings is 1. The Morgan fingerprint density at radius 3 is 2.52 bits per heavy atom. The summed E-state index contributed by atoms with van der Waals surface area (Å²) in [6.07, 6.45) is 0.930. The van der Waals surface area contributed by atoms with Crippen LogP contribution in [-0.4, -0.2) is 28.3 Å². The van der Waals surface area contributed by atoms with Gasteiger partial charge >= 0.3 is 11.8 Å². The molecule has 0 amide bonds. The number of aromatic nitrogens is 1. The highest BCUT2D eigenvalue weighted by molar-refractivity contribution is 5.92. The van der Waals surface area contributed by atoms with E-state index in [-0.39, 0.29) is 11.4 Å². The molecule has 112 valence electrons. The van der Waals surface area contributed by atoms with Gasteiger partial charge < -0.3 is 9.47 Å². The van der Waals surface area contributed by atoms with Crippen molar-refractivity contribution in [2.24, 2.45) is 0 Å². The SMILES string of the molecule is COc1cc2ccn(C(=O)OC(C)(C)C)c2cc1[N+](=O)[O-]. The Morgan fingerprint density at radius 1 is 1.33 bits per heavy atom. The number of nitrogens with zero attached hydrogens (tertiary/aromatic N) is 2. The summed E-state index contributed by atoms with van der Waals surface area (Å²) in [5, 5.41) is 11.7. The monoisotopic (exact) mass is 292 g/mol. The summed E-state index contributed by atoms with van der Waals surface area (Å²) in [4.78, 5) is 22.6. The molecule has 0 bridgehead atoms. The second-order valence-corrected chi connectivity index (χ2v) is 5.51. The summed E-state index contributed by atoms with van der Waals surface area (Å²) in [7, 11) is 1.36. The van der Waals surface area contributed by atoms with Crippen molar-refractivity contribution in [3.63, 3.8) is 0 Å². The lowest BCUT2D eigenvalue weighted by atomic mass is 10.2. The predicted molar refractivity (Wildman–Crippen MR) is 76.8 cm³/mol. The van der Waals surface area contributed by atoms with E-state index in [9.17, 15) is 14.9 Å². The van der Waals surface area contributed by atoms with Crippen LogP contribution in [0.5, 0.6) is 5.75 Å². The smallest absolute Gasteiger partial charge is 0.418 e. The van der Waals surface area contributed by atoms with Crippen molar-refractivity contribution < 1.29 is 19.2 Å². The minimum absolute atomic E-state index is 0.148. The lowest BCUT2D eigenvalue weighted by Gasteiger charge is -2.19. The highest BCUT2D eigenvalue weighted by atomic mass is 16.6. The van der Waals surface area contributed by atoms with E-state index in [4.69, 9.17) is 9.47 Å². The lowest BCUT2D eigenvalue weighted by Crippen LogP contribution is -2.26. The van der Waals surface area contributed by atoms with Crippen LogP contribution in [0.3, 0.4) is 0 Å². The van der Waals surface area contributed by atoms with Gasteiger partial charge in [0.05, 0.1) is 17.5 Å². The second kappa shape index (κ2) is 5.08. The number of hydrogen-bond donors (Lipinski definition) is 0. The minimum Gasteiger partial charge on any atom is -0.490 e. The first kappa shape index (κ1) is 14.8. The van der Waals surface area contributed by atoms with E-state index in [0.717, 1.165) is 0 Å². The number of hydrogen-bond acceptors (Lipinski definition) is 5. The average Bonchev–Trinajstić information content (AvgIpc) is 2.77. The fraction of sp³-hybridized carbons (Fsp3) is 0.357. The van der Waals surface area contributed by atoms with Crippen LogP contribution in [0.15, 0.2) is 24.4 Å². The van der Waals surface area contributed by atoms with Gasteiger partial charge in [0.2, 0.25) is 0 Å². The van der Waals surface area contributed by atoms with Crippen molar-refractivity contribution in [2.45, 2.75) is 26.4 Å². The number of rotatable bonds is 2. The van der Waals surface area contributed by atoms with Crippen LogP contribution in [-0.2, 0) is 4.74 Å². The van der Waals surface area contributed by atoms with E-state index < -0.39 is 16.6 Å². The molecule has 0 aliphatic carbocycles. The molecule has 0 fully saturated rings. The zero-order chi connectivity index (χ0) is 15.8. The Hall–Kier alpha value is -2.57. The first-order valence-corrected chi connectivity index (χ1v) is 6.30. The zero-order valence-electron chi connectivity index (χ0n) is 12.2. The Balaban J connectivity index is 2.55. The molecule has 1 heterocycles. The van der Waals surface area contributed by atoms with Crippen molar-refractivity contribution in [3.05, 3.63) is 34.5 Å². The van der Waals surface area contributed by atoms with Gasteiger partial charge in [-0.25, -0.2) is 4.79 Å². The molecule has 0 saturated heterocycles. The fourth-order valence-corrected chi connectivity index (χ4v) is 1.93. The van der Waals surface area contributed by atoms with Gasteiger partial charge in [-0.05, 0) is 32.9 Å². The molecule has 0 spiro atoms. The van der Waals surface area contributed by atoms with Gasteiger partial charge in [0.15, 0.2) is 5.75 Å². The van der Waals surface area contributed by atoms with Gasteiger partial charge in [-0.1, -0.05) is 0 Å². The molecule has 7 heteroatoms. The quantitative estimate of drug-likeness (QED) is 0.626. The van der Waals surface area contributed by atoms with E-state index in [0.29, 0.717) is 10.9 Å². The van der Waals surface area contributed by atoms with Crippen molar-refractivity contribution in [3.8, 4) is 5.75 Å². The Kier molecular flexibility index (Phi) is 3.59. The van der Waals surface area contributed by atoms with Gasteiger partial charge in [0, 0.05) is 17.6 Å². The molecule has 2 rings (SSSR count). The first-order valence-electron chi connectivity index (χ1n) is 6.30. The normalized spacial score (nSPS) is 11.4. The number of nitro benzene ring substituents is 1. The van der Waals surface area contributed by atoms with Crippen LogP contribution in [0.25, 0.3) is 10.9 Å². The number of carbonyl (C=O) groups excluding carboxylic acids is 1. The third kappa shape index (κ3) is 2.96. The standard InChI is InChI=1S/C14H16N2O5/c1-14(2,3)21-13(17)15-6-5-9-7-12(20-4)11(16(18)19)8-10(9)15/h5-8H,1-4H3. The number of methoxy groups -OCH3 is 1. The molecule has 0 atom stereocenters. The van der Waals surface area contributed by atoms with Crippen LogP contribution < -0.4 is 4.74 Å². The maximum absolute atomic E-state index is 12.1. The first-order chi connectivity index (χ1) is 9.73. The third-order valence-corrected chi connectivity index (χ3v) is 2.78. The lowest BCUT2D eigenvalue weighted by molar-refractivity contribution is -0.385. The summed E-state index contributed by atoms with van der Waals surface area (Å²) < 4.78 is 11.5. The van der Waals surface area contributed by atoms with Crippen molar-refractivity contribution >= 4 is 22.7 Å². The average molecular weight is 292 g/mol.